The number of halogens is 1. The summed E-state index contributed by atoms with van der Waals surface area (Å²) in [5.74, 6) is -0.611. The van der Waals surface area contributed by atoms with Gasteiger partial charge in [0.05, 0.1) is 16.2 Å². The number of alkyl halides is 1. The van der Waals surface area contributed by atoms with Crippen LogP contribution in [0.5, 0.6) is 0 Å². The van der Waals surface area contributed by atoms with E-state index in [4.69, 9.17) is 11.6 Å². The van der Waals surface area contributed by atoms with E-state index in [-0.39, 0.29) is 22.8 Å². The van der Waals surface area contributed by atoms with Crippen LogP contribution in [0.15, 0.2) is 46.6 Å². The van der Waals surface area contributed by atoms with E-state index in [1.165, 1.54) is 12.1 Å². The summed E-state index contributed by atoms with van der Waals surface area (Å²) in [5, 5.41) is 30.9. The number of nitriles is 1. The number of hydrogen-bond donors (Lipinski definition) is 1. The molecule has 1 N–H and O–H groups in total. The topological polar surface area (TPSA) is 124 Å². The average molecular weight is 415 g/mol. The molecule has 0 heterocycles. The van der Waals surface area contributed by atoms with Gasteiger partial charge in [-0.15, -0.1) is 21.8 Å². The van der Waals surface area contributed by atoms with Crippen molar-refractivity contribution < 1.29 is 9.72 Å². The molecule has 0 aliphatic heterocycles. The summed E-state index contributed by atoms with van der Waals surface area (Å²) in [5.41, 5.74) is 1.67. The molecule has 2 aromatic rings. The van der Waals surface area contributed by atoms with E-state index in [2.05, 4.69) is 20.4 Å². The highest BCUT2D eigenvalue weighted by molar-refractivity contribution is 6.29. The second-order valence-corrected chi connectivity index (χ2v) is 6.09. The molecular formula is C19H19ClN6O3. The quantitative estimate of drug-likeness (QED) is 0.284. The number of carbonyl (C=O) groups is 1. The van der Waals surface area contributed by atoms with Crippen LogP contribution in [0.3, 0.4) is 0 Å². The first-order chi connectivity index (χ1) is 13.9. The van der Waals surface area contributed by atoms with Crippen molar-refractivity contribution in [2.75, 3.05) is 29.2 Å². The van der Waals surface area contributed by atoms with E-state index in [1.54, 1.807) is 12.1 Å². The molecule has 0 aliphatic rings. The van der Waals surface area contributed by atoms with E-state index in [1.807, 2.05) is 26.0 Å². The Morgan fingerprint density at radius 1 is 1.21 bits per heavy atom. The van der Waals surface area contributed by atoms with Gasteiger partial charge in [-0.3, -0.25) is 14.9 Å². The molecule has 0 bridgehead atoms. The Labute approximate surface area is 172 Å². The Kier molecular flexibility index (Phi) is 7.62. The first kappa shape index (κ1) is 21.8. The number of nitro groups is 1. The van der Waals surface area contributed by atoms with Crippen molar-refractivity contribution in [1.82, 2.24) is 0 Å². The van der Waals surface area contributed by atoms with Gasteiger partial charge in [0.1, 0.15) is 23.3 Å². The van der Waals surface area contributed by atoms with Gasteiger partial charge in [0.2, 0.25) is 5.91 Å². The zero-order chi connectivity index (χ0) is 21.4. The van der Waals surface area contributed by atoms with Gasteiger partial charge in [-0.05, 0) is 38.1 Å². The Morgan fingerprint density at radius 3 is 2.45 bits per heavy atom. The Bertz CT molecular complexity index is 982. The SMILES string of the molecule is CCN(CC)c1ccc(N=Nc2ccc([N+](=O)[O-])cc2C#N)c(NC(=O)CCl)c1. The van der Waals surface area contributed by atoms with Crippen LogP contribution in [0.4, 0.5) is 28.4 Å². The van der Waals surface area contributed by atoms with Gasteiger partial charge in [0.15, 0.2) is 0 Å². The summed E-state index contributed by atoms with van der Waals surface area (Å²) in [6, 6.07) is 10.9. The molecule has 10 heteroatoms. The monoisotopic (exact) mass is 414 g/mol. The lowest BCUT2D eigenvalue weighted by atomic mass is 10.2. The summed E-state index contributed by atoms with van der Waals surface area (Å²) >= 11 is 5.60. The number of nitro benzene ring substituents is 1. The summed E-state index contributed by atoms with van der Waals surface area (Å²) in [6.45, 7) is 5.61. The standard InChI is InChI=1S/C19H19ClN6O3/c1-3-25(4-2)14-5-8-17(18(10-14)22-19(27)11-20)24-23-16-7-6-15(26(28)29)9-13(16)12-21/h5-10H,3-4,11H2,1-2H3,(H,22,27). The molecule has 2 rings (SSSR count). The van der Waals surface area contributed by atoms with E-state index >= 15 is 0 Å². The smallest absolute Gasteiger partial charge is 0.270 e. The molecule has 0 atom stereocenters. The molecule has 0 aromatic heterocycles. The minimum absolute atomic E-state index is 0.0223. The van der Waals surface area contributed by atoms with Crippen LogP contribution in [0.25, 0.3) is 0 Å². The lowest BCUT2D eigenvalue weighted by Gasteiger charge is -2.22. The molecule has 0 saturated heterocycles. The van der Waals surface area contributed by atoms with Crippen molar-refractivity contribution in [2.24, 2.45) is 10.2 Å². The minimum atomic E-state index is -0.590. The van der Waals surface area contributed by atoms with Crippen LogP contribution in [-0.2, 0) is 4.79 Å². The van der Waals surface area contributed by atoms with Crippen LogP contribution in [0, 0.1) is 21.4 Å². The van der Waals surface area contributed by atoms with Crippen LogP contribution >= 0.6 is 11.6 Å². The molecule has 0 spiro atoms. The Morgan fingerprint density at radius 2 is 1.86 bits per heavy atom. The number of nitrogens with one attached hydrogen (secondary N) is 1. The number of amides is 1. The van der Waals surface area contributed by atoms with E-state index in [0.29, 0.717) is 11.4 Å². The first-order valence-electron chi connectivity index (χ1n) is 8.78. The van der Waals surface area contributed by atoms with E-state index in [0.717, 1.165) is 24.8 Å². The molecule has 0 radical (unpaired) electrons. The largest absolute Gasteiger partial charge is 0.372 e. The maximum absolute atomic E-state index is 11.8. The van der Waals surface area contributed by atoms with E-state index < -0.39 is 10.8 Å². The highest BCUT2D eigenvalue weighted by Crippen LogP contribution is 2.33. The highest BCUT2D eigenvalue weighted by atomic mass is 35.5. The number of non-ortho nitro benzene ring substituents is 1. The third-order valence-corrected chi connectivity index (χ3v) is 4.32. The normalized spacial score (nSPS) is 10.6. The second kappa shape index (κ2) is 10.1. The third kappa shape index (κ3) is 5.49. The number of rotatable bonds is 8. The van der Waals surface area contributed by atoms with Gasteiger partial charge < -0.3 is 10.2 Å². The van der Waals surface area contributed by atoms with Crippen molar-refractivity contribution in [1.29, 1.82) is 5.26 Å². The van der Waals surface area contributed by atoms with Crippen molar-refractivity contribution in [2.45, 2.75) is 13.8 Å². The second-order valence-electron chi connectivity index (χ2n) is 5.83. The first-order valence-corrected chi connectivity index (χ1v) is 9.32. The molecular weight excluding hydrogens is 396 g/mol. The number of carbonyl (C=O) groups excluding carboxylic acids is 1. The van der Waals surface area contributed by atoms with Crippen molar-refractivity contribution >= 4 is 45.9 Å². The maximum atomic E-state index is 11.8. The zero-order valence-electron chi connectivity index (χ0n) is 15.9. The van der Waals surface area contributed by atoms with Gasteiger partial charge in [0.25, 0.3) is 5.69 Å². The molecule has 0 fully saturated rings. The summed E-state index contributed by atoms with van der Waals surface area (Å²) in [4.78, 5) is 24.2. The van der Waals surface area contributed by atoms with Gasteiger partial charge >= 0.3 is 0 Å². The lowest BCUT2D eigenvalue weighted by molar-refractivity contribution is -0.384. The molecule has 0 saturated carbocycles. The van der Waals surface area contributed by atoms with Gasteiger partial charge in [-0.2, -0.15) is 5.26 Å². The Hall–Kier alpha value is -3.51. The molecule has 2 aromatic carbocycles. The fraction of sp³-hybridized carbons (Fsp3) is 0.263. The highest BCUT2D eigenvalue weighted by Gasteiger charge is 2.12. The van der Waals surface area contributed by atoms with Crippen molar-refractivity contribution in [3.05, 3.63) is 52.1 Å². The summed E-state index contributed by atoms with van der Waals surface area (Å²) in [7, 11) is 0. The molecule has 1 amide bonds. The third-order valence-electron chi connectivity index (χ3n) is 4.08. The number of anilines is 2. The maximum Gasteiger partial charge on any atom is 0.270 e. The number of nitrogens with zero attached hydrogens (tertiary/aromatic N) is 5. The van der Waals surface area contributed by atoms with Crippen molar-refractivity contribution in [3.63, 3.8) is 0 Å². The molecule has 0 aliphatic carbocycles. The van der Waals surface area contributed by atoms with E-state index in [9.17, 15) is 20.2 Å². The summed E-state index contributed by atoms with van der Waals surface area (Å²) < 4.78 is 0. The fourth-order valence-corrected chi connectivity index (χ4v) is 2.67. The zero-order valence-corrected chi connectivity index (χ0v) is 16.7. The lowest BCUT2D eigenvalue weighted by Crippen LogP contribution is -2.22. The molecule has 0 unspecified atom stereocenters. The number of azo groups is 1. The predicted molar refractivity (Wildman–Crippen MR) is 111 cm³/mol. The number of benzene rings is 2. The average Bonchev–Trinajstić information content (AvgIpc) is 2.73. The van der Waals surface area contributed by atoms with Crippen LogP contribution < -0.4 is 10.2 Å². The van der Waals surface area contributed by atoms with Crippen LogP contribution in [0.1, 0.15) is 19.4 Å². The molecule has 29 heavy (non-hydrogen) atoms. The van der Waals surface area contributed by atoms with Crippen LogP contribution in [0.2, 0.25) is 0 Å². The summed E-state index contributed by atoms with van der Waals surface area (Å²) in [6.07, 6.45) is 0. The number of hydrogen-bond acceptors (Lipinski definition) is 7. The van der Waals surface area contributed by atoms with Gasteiger partial charge in [-0.1, -0.05) is 0 Å². The molecule has 150 valence electrons. The predicted octanol–water partition coefficient (Wildman–Crippen LogP) is 4.91. The fourth-order valence-electron chi connectivity index (χ4n) is 2.60. The van der Waals surface area contributed by atoms with Crippen LogP contribution in [-0.4, -0.2) is 29.8 Å². The van der Waals surface area contributed by atoms with Gasteiger partial charge in [-0.25, -0.2) is 0 Å². The van der Waals surface area contributed by atoms with Crippen molar-refractivity contribution in [3.8, 4) is 6.07 Å². The van der Waals surface area contributed by atoms with Gasteiger partial charge in [0, 0.05) is 30.9 Å². The minimum Gasteiger partial charge on any atom is -0.372 e. The molecule has 9 nitrogen and oxygen atoms in total. The Balaban J connectivity index is 2.44.